The Kier molecular flexibility index (Phi) is 8.68. The standard InChI is InChI=1S/C33H36FN5O2/c34-30-21-27(22-36-32(30)39-17-13-28(14-18-39)38-19-15-35-16-20-38)29-11-12-31(40-23-25-7-3-1-4-8-25)37-33(29)41-24-26-9-5-2-6-10-26/h1-12,21-22,28,35H,13-20,23-24H2. The van der Waals surface area contributed by atoms with E-state index in [1.165, 1.54) is 0 Å². The summed E-state index contributed by atoms with van der Waals surface area (Å²) in [5.74, 6) is 0.903. The molecule has 2 aromatic heterocycles. The van der Waals surface area contributed by atoms with Crippen LogP contribution >= 0.6 is 0 Å². The first kappa shape index (κ1) is 27.2. The predicted octanol–water partition coefficient (Wildman–Crippen LogP) is 5.31. The van der Waals surface area contributed by atoms with Gasteiger partial charge in [0.2, 0.25) is 11.8 Å². The van der Waals surface area contributed by atoms with Gasteiger partial charge in [-0.15, -0.1) is 0 Å². The van der Waals surface area contributed by atoms with E-state index >= 15 is 4.39 Å². The molecule has 0 atom stereocenters. The SMILES string of the molecule is Fc1cc(-c2ccc(OCc3ccccc3)nc2OCc2ccccc2)cnc1N1CCC(N2CCNCC2)CC1. The molecule has 41 heavy (non-hydrogen) atoms. The van der Waals surface area contributed by atoms with Gasteiger partial charge in [-0.25, -0.2) is 9.37 Å². The van der Waals surface area contributed by atoms with Gasteiger partial charge in [0.1, 0.15) is 13.2 Å². The molecule has 8 heteroatoms. The second kappa shape index (κ2) is 13.1. The zero-order valence-corrected chi connectivity index (χ0v) is 23.2. The number of rotatable bonds is 9. The molecular weight excluding hydrogens is 517 g/mol. The van der Waals surface area contributed by atoms with Crippen LogP contribution in [0.4, 0.5) is 10.2 Å². The van der Waals surface area contributed by atoms with Crippen LogP contribution in [-0.2, 0) is 13.2 Å². The van der Waals surface area contributed by atoms with E-state index < -0.39 is 0 Å². The van der Waals surface area contributed by atoms with Gasteiger partial charge in [-0.1, -0.05) is 60.7 Å². The topological polar surface area (TPSA) is 62.8 Å². The van der Waals surface area contributed by atoms with Gasteiger partial charge in [-0.2, -0.15) is 4.98 Å². The van der Waals surface area contributed by atoms with Gasteiger partial charge in [0.25, 0.3) is 0 Å². The van der Waals surface area contributed by atoms with E-state index in [-0.39, 0.29) is 5.82 Å². The molecule has 2 saturated heterocycles. The van der Waals surface area contributed by atoms with Gasteiger partial charge in [0, 0.05) is 68.7 Å². The Labute approximate surface area is 241 Å². The van der Waals surface area contributed by atoms with Crippen molar-refractivity contribution in [1.82, 2.24) is 20.2 Å². The van der Waals surface area contributed by atoms with Crippen molar-refractivity contribution in [2.75, 3.05) is 44.2 Å². The first-order chi connectivity index (χ1) is 20.2. The van der Waals surface area contributed by atoms with Crippen LogP contribution in [0.25, 0.3) is 11.1 Å². The molecule has 0 saturated carbocycles. The Morgan fingerprint density at radius 2 is 1.46 bits per heavy atom. The van der Waals surface area contributed by atoms with Crippen LogP contribution in [-0.4, -0.2) is 60.2 Å². The maximum Gasteiger partial charge on any atom is 0.225 e. The summed E-state index contributed by atoms with van der Waals surface area (Å²) in [6.07, 6.45) is 3.76. The average molecular weight is 554 g/mol. The number of nitrogens with one attached hydrogen (secondary N) is 1. The fourth-order valence-electron chi connectivity index (χ4n) is 5.59. The molecule has 2 aromatic carbocycles. The monoisotopic (exact) mass is 553 g/mol. The van der Waals surface area contributed by atoms with Crippen molar-refractivity contribution in [3.8, 4) is 22.9 Å². The number of benzene rings is 2. The third-order valence-electron chi connectivity index (χ3n) is 7.85. The summed E-state index contributed by atoms with van der Waals surface area (Å²) in [4.78, 5) is 13.9. The lowest BCUT2D eigenvalue weighted by molar-refractivity contribution is 0.150. The fourth-order valence-corrected chi connectivity index (χ4v) is 5.59. The number of nitrogens with zero attached hydrogens (tertiary/aromatic N) is 4. The maximum absolute atomic E-state index is 15.5. The Morgan fingerprint density at radius 1 is 0.805 bits per heavy atom. The summed E-state index contributed by atoms with van der Waals surface area (Å²) < 4.78 is 27.7. The minimum Gasteiger partial charge on any atom is -0.473 e. The van der Waals surface area contributed by atoms with E-state index in [0.29, 0.717) is 48.0 Å². The Balaban J connectivity index is 1.19. The highest BCUT2D eigenvalue weighted by atomic mass is 19.1. The smallest absolute Gasteiger partial charge is 0.225 e. The molecule has 0 aliphatic carbocycles. The molecular formula is C33H36FN5O2. The summed E-state index contributed by atoms with van der Waals surface area (Å²) >= 11 is 0. The molecule has 4 heterocycles. The largest absolute Gasteiger partial charge is 0.473 e. The quantitative estimate of drug-likeness (QED) is 0.301. The highest BCUT2D eigenvalue weighted by molar-refractivity contribution is 5.69. The number of pyridine rings is 2. The lowest BCUT2D eigenvalue weighted by Gasteiger charge is -2.40. The number of hydrogen-bond donors (Lipinski definition) is 1. The van der Waals surface area contributed by atoms with Crippen LogP contribution in [0.5, 0.6) is 11.8 Å². The molecule has 2 fully saturated rings. The summed E-state index contributed by atoms with van der Waals surface area (Å²) in [5, 5.41) is 3.42. The van der Waals surface area contributed by atoms with E-state index in [9.17, 15) is 0 Å². The van der Waals surface area contributed by atoms with Gasteiger partial charge >= 0.3 is 0 Å². The molecule has 0 amide bonds. The third kappa shape index (κ3) is 6.84. The number of anilines is 1. The lowest BCUT2D eigenvalue weighted by atomic mass is 10.0. The molecule has 0 bridgehead atoms. The molecule has 212 valence electrons. The van der Waals surface area contributed by atoms with Crippen molar-refractivity contribution in [2.45, 2.75) is 32.1 Å². The van der Waals surface area contributed by atoms with Gasteiger partial charge in [-0.05, 0) is 36.1 Å². The number of hydrogen-bond acceptors (Lipinski definition) is 7. The molecule has 6 rings (SSSR count). The second-order valence-electron chi connectivity index (χ2n) is 10.6. The first-order valence-corrected chi connectivity index (χ1v) is 14.4. The summed E-state index contributed by atoms with van der Waals surface area (Å²) in [6, 6.07) is 25.6. The molecule has 4 aromatic rings. The first-order valence-electron chi connectivity index (χ1n) is 14.4. The summed E-state index contributed by atoms with van der Waals surface area (Å²) in [7, 11) is 0. The van der Waals surface area contributed by atoms with Gasteiger partial charge < -0.3 is 19.7 Å². The van der Waals surface area contributed by atoms with Crippen LogP contribution in [0.2, 0.25) is 0 Å². The number of halogens is 1. The Morgan fingerprint density at radius 3 is 2.12 bits per heavy atom. The molecule has 1 N–H and O–H groups in total. The molecule has 0 radical (unpaired) electrons. The van der Waals surface area contributed by atoms with Gasteiger partial charge in [-0.3, -0.25) is 4.90 Å². The van der Waals surface area contributed by atoms with E-state index in [1.807, 2.05) is 66.7 Å². The minimum atomic E-state index is -0.332. The Bertz CT molecular complexity index is 1410. The fraction of sp³-hybridized carbons (Fsp3) is 0.333. The Hall–Kier alpha value is -4.01. The molecule has 0 unspecified atom stereocenters. The summed E-state index contributed by atoms with van der Waals surface area (Å²) in [6.45, 7) is 6.60. The maximum atomic E-state index is 15.5. The lowest BCUT2D eigenvalue weighted by Crippen LogP contribution is -2.52. The van der Waals surface area contributed by atoms with Crippen LogP contribution in [0, 0.1) is 5.82 Å². The molecule has 7 nitrogen and oxygen atoms in total. The number of ether oxygens (including phenoxy) is 2. The molecule has 2 aliphatic heterocycles. The van der Waals surface area contributed by atoms with Crippen LogP contribution < -0.4 is 19.7 Å². The average Bonchev–Trinajstić information content (AvgIpc) is 3.04. The van der Waals surface area contributed by atoms with E-state index in [4.69, 9.17) is 9.47 Å². The predicted molar refractivity (Wildman–Crippen MR) is 159 cm³/mol. The van der Waals surface area contributed by atoms with Crippen LogP contribution in [0.15, 0.2) is 85.1 Å². The van der Waals surface area contributed by atoms with E-state index in [0.717, 1.165) is 63.2 Å². The normalized spacial score (nSPS) is 16.5. The summed E-state index contributed by atoms with van der Waals surface area (Å²) in [5.41, 5.74) is 3.35. The number of piperazine rings is 1. The van der Waals surface area contributed by atoms with Crippen molar-refractivity contribution in [3.05, 3.63) is 102 Å². The zero-order valence-electron chi connectivity index (χ0n) is 23.2. The van der Waals surface area contributed by atoms with Crippen molar-refractivity contribution in [3.63, 3.8) is 0 Å². The molecule has 2 aliphatic rings. The van der Waals surface area contributed by atoms with Crippen molar-refractivity contribution in [2.24, 2.45) is 0 Å². The highest BCUT2D eigenvalue weighted by Gasteiger charge is 2.27. The second-order valence-corrected chi connectivity index (χ2v) is 10.6. The van der Waals surface area contributed by atoms with Gasteiger partial charge in [0.15, 0.2) is 11.6 Å². The number of aromatic nitrogens is 2. The third-order valence-corrected chi connectivity index (χ3v) is 7.85. The molecule has 0 spiro atoms. The van der Waals surface area contributed by atoms with Crippen molar-refractivity contribution in [1.29, 1.82) is 0 Å². The minimum absolute atomic E-state index is 0.332. The van der Waals surface area contributed by atoms with Crippen molar-refractivity contribution >= 4 is 5.82 Å². The van der Waals surface area contributed by atoms with Crippen LogP contribution in [0.1, 0.15) is 24.0 Å². The highest BCUT2D eigenvalue weighted by Crippen LogP contribution is 2.33. The zero-order chi connectivity index (χ0) is 27.9. The number of piperidine rings is 1. The van der Waals surface area contributed by atoms with Gasteiger partial charge in [0.05, 0.1) is 0 Å². The van der Waals surface area contributed by atoms with E-state index in [1.54, 1.807) is 18.3 Å². The van der Waals surface area contributed by atoms with Crippen LogP contribution in [0.3, 0.4) is 0 Å². The van der Waals surface area contributed by atoms with E-state index in [2.05, 4.69) is 25.1 Å². The van der Waals surface area contributed by atoms with Crippen molar-refractivity contribution < 1.29 is 13.9 Å².